The summed E-state index contributed by atoms with van der Waals surface area (Å²) in [6, 6.07) is 24.8. The molecule has 0 spiro atoms. The standard InChI is InChI=1S/C26H25N3O6/c30-25(27-17-7-3-1-4-8-17)29-21-15-32-24-22(16-33-23(21)24)35-26(31)28-18-11-13-20(14-12-18)34-19-9-5-2-6-10-19/h1-14,21-24H,15-16H2,(H,28,31)(H2,27,29,30). The lowest BCUT2D eigenvalue weighted by Gasteiger charge is -2.18. The molecule has 9 nitrogen and oxygen atoms in total. The molecule has 35 heavy (non-hydrogen) atoms. The Morgan fingerprint density at radius 1 is 0.714 bits per heavy atom. The maximum atomic E-state index is 12.4. The Morgan fingerprint density at radius 2 is 1.34 bits per heavy atom. The fourth-order valence-corrected chi connectivity index (χ4v) is 4.06. The summed E-state index contributed by atoms with van der Waals surface area (Å²) < 4.78 is 22.9. The summed E-state index contributed by atoms with van der Waals surface area (Å²) in [5, 5.41) is 8.34. The van der Waals surface area contributed by atoms with E-state index in [1.54, 1.807) is 36.4 Å². The zero-order valence-corrected chi connectivity index (χ0v) is 18.8. The Kier molecular flexibility index (Phi) is 6.78. The van der Waals surface area contributed by atoms with Gasteiger partial charge in [-0.05, 0) is 48.5 Å². The zero-order chi connectivity index (χ0) is 24.0. The Hall–Kier alpha value is -4.08. The molecule has 5 rings (SSSR count). The number of hydrogen-bond donors (Lipinski definition) is 3. The second-order valence-electron chi connectivity index (χ2n) is 8.18. The summed E-state index contributed by atoms with van der Waals surface area (Å²) in [5.74, 6) is 1.38. The van der Waals surface area contributed by atoms with Crippen LogP contribution in [-0.4, -0.2) is 49.7 Å². The molecule has 2 aliphatic rings. The number of hydrogen-bond acceptors (Lipinski definition) is 6. The highest BCUT2D eigenvalue weighted by Gasteiger charge is 2.50. The Balaban J connectivity index is 1.09. The van der Waals surface area contributed by atoms with E-state index in [9.17, 15) is 9.59 Å². The van der Waals surface area contributed by atoms with Crippen molar-refractivity contribution in [3.05, 3.63) is 84.9 Å². The third-order valence-corrected chi connectivity index (χ3v) is 5.69. The highest BCUT2D eigenvalue weighted by Crippen LogP contribution is 2.29. The third-order valence-electron chi connectivity index (χ3n) is 5.69. The van der Waals surface area contributed by atoms with Crippen LogP contribution in [0.3, 0.4) is 0 Å². The van der Waals surface area contributed by atoms with Crippen molar-refractivity contribution >= 4 is 23.5 Å². The summed E-state index contributed by atoms with van der Waals surface area (Å²) in [7, 11) is 0. The van der Waals surface area contributed by atoms with E-state index < -0.39 is 24.4 Å². The van der Waals surface area contributed by atoms with Crippen LogP contribution in [0.1, 0.15) is 0 Å². The molecule has 9 heteroatoms. The number of carbonyl (C=O) groups excluding carboxylic acids is 2. The molecule has 2 aliphatic heterocycles. The van der Waals surface area contributed by atoms with Gasteiger partial charge in [0.2, 0.25) is 0 Å². The zero-order valence-electron chi connectivity index (χ0n) is 18.8. The fourth-order valence-electron chi connectivity index (χ4n) is 4.06. The van der Waals surface area contributed by atoms with E-state index in [0.29, 0.717) is 17.1 Å². The molecule has 4 atom stereocenters. The lowest BCUT2D eigenvalue weighted by molar-refractivity contribution is 0.00873. The molecular formula is C26H25N3O6. The average molecular weight is 476 g/mol. The van der Waals surface area contributed by atoms with Gasteiger partial charge in [0.25, 0.3) is 0 Å². The topological polar surface area (TPSA) is 107 Å². The summed E-state index contributed by atoms with van der Waals surface area (Å²) in [6.45, 7) is 0.451. The largest absolute Gasteiger partial charge is 0.457 e. The van der Waals surface area contributed by atoms with Gasteiger partial charge in [0, 0.05) is 11.4 Å². The number of urea groups is 1. The first-order valence-electron chi connectivity index (χ1n) is 11.3. The van der Waals surface area contributed by atoms with Gasteiger partial charge in [-0.1, -0.05) is 36.4 Å². The van der Waals surface area contributed by atoms with Crippen LogP contribution in [-0.2, 0) is 14.2 Å². The SMILES string of the molecule is O=C(Nc1ccccc1)NC1COC2C(OC(=O)Nc3ccc(Oc4ccccc4)cc3)COC12. The molecule has 0 aromatic heterocycles. The number of benzene rings is 3. The van der Waals surface area contributed by atoms with E-state index in [0.717, 1.165) is 5.75 Å². The van der Waals surface area contributed by atoms with Crippen molar-refractivity contribution < 1.29 is 28.5 Å². The van der Waals surface area contributed by atoms with E-state index in [4.69, 9.17) is 18.9 Å². The van der Waals surface area contributed by atoms with Crippen molar-refractivity contribution in [3.8, 4) is 11.5 Å². The molecule has 4 unspecified atom stereocenters. The first-order chi connectivity index (χ1) is 17.1. The summed E-state index contributed by atoms with van der Waals surface area (Å²) in [5.41, 5.74) is 1.25. The van der Waals surface area contributed by atoms with Crippen LogP contribution in [0.4, 0.5) is 21.0 Å². The van der Waals surface area contributed by atoms with Crippen LogP contribution in [0, 0.1) is 0 Å². The Labute approximate surface area is 202 Å². The van der Waals surface area contributed by atoms with Crippen LogP contribution in [0.2, 0.25) is 0 Å². The Morgan fingerprint density at radius 3 is 2.09 bits per heavy atom. The van der Waals surface area contributed by atoms with E-state index in [2.05, 4.69) is 16.0 Å². The molecule has 2 heterocycles. The molecule has 2 saturated heterocycles. The molecule has 3 aromatic carbocycles. The molecule has 3 N–H and O–H groups in total. The number of nitrogens with one attached hydrogen (secondary N) is 3. The van der Waals surface area contributed by atoms with E-state index in [1.165, 1.54) is 0 Å². The van der Waals surface area contributed by atoms with Gasteiger partial charge < -0.3 is 29.6 Å². The number of ether oxygens (including phenoxy) is 4. The number of carbonyl (C=O) groups is 2. The number of anilines is 2. The fraction of sp³-hybridized carbons (Fsp3) is 0.231. The summed E-state index contributed by atoms with van der Waals surface area (Å²) >= 11 is 0. The molecule has 3 aromatic rings. The molecule has 0 bridgehead atoms. The van der Waals surface area contributed by atoms with Crippen LogP contribution in [0.5, 0.6) is 11.5 Å². The number of fused-ring (bicyclic) bond motifs is 1. The van der Waals surface area contributed by atoms with Gasteiger partial charge in [-0.15, -0.1) is 0 Å². The van der Waals surface area contributed by atoms with E-state index >= 15 is 0 Å². The molecule has 2 fully saturated rings. The first kappa shape index (κ1) is 22.7. The van der Waals surface area contributed by atoms with Gasteiger partial charge in [0.05, 0.1) is 19.3 Å². The van der Waals surface area contributed by atoms with Crippen molar-refractivity contribution in [2.24, 2.45) is 0 Å². The van der Waals surface area contributed by atoms with E-state index in [1.807, 2.05) is 48.5 Å². The monoisotopic (exact) mass is 475 g/mol. The summed E-state index contributed by atoms with van der Waals surface area (Å²) in [4.78, 5) is 24.7. The highest BCUT2D eigenvalue weighted by molar-refractivity contribution is 5.89. The van der Waals surface area contributed by atoms with Crippen molar-refractivity contribution in [2.45, 2.75) is 24.4 Å². The molecule has 0 radical (unpaired) electrons. The number of amides is 3. The molecule has 0 aliphatic carbocycles. The van der Waals surface area contributed by atoms with Crippen molar-refractivity contribution in [1.82, 2.24) is 5.32 Å². The van der Waals surface area contributed by atoms with Gasteiger partial charge in [0.1, 0.15) is 23.7 Å². The van der Waals surface area contributed by atoms with Gasteiger partial charge in [-0.2, -0.15) is 0 Å². The average Bonchev–Trinajstić information content (AvgIpc) is 3.45. The third kappa shape index (κ3) is 5.71. The van der Waals surface area contributed by atoms with Gasteiger partial charge in [0.15, 0.2) is 6.10 Å². The van der Waals surface area contributed by atoms with Crippen molar-refractivity contribution in [3.63, 3.8) is 0 Å². The van der Waals surface area contributed by atoms with Crippen LogP contribution < -0.4 is 20.7 Å². The quantitative estimate of drug-likeness (QED) is 0.488. The Bertz CT molecular complexity index is 1140. The van der Waals surface area contributed by atoms with Crippen LogP contribution in [0.15, 0.2) is 84.9 Å². The lowest BCUT2D eigenvalue weighted by Crippen LogP contribution is -2.46. The minimum absolute atomic E-state index is 0.186. The lowest BCUT2D eigenvalue weighted by atomic mass is 10.1. The first-order valence-corrected chi connectivity index (χ1v) is 11.3. The molecule has 3 amide bonds. The van der Waals surface area contributed by atoms with E-state index in [-0.39, 0.29) is 25.3 Å². The highest BCUT2D eigenvalue weighted by atomic mass is 16.6. The smallest absolute Gasteiger partial charge is 0.412 e. The predicted molar refractivity (Wildman–Crippen MR) is 129 cm³/mol. The van der Waals surface area contributed by atoms with Gasteiger partial charge >= 0.3 is 12.1 Å². The minimum Gasteiger partial charge on any atom is -0.457 e. The maximum Gasteiger partial charge on any atom is 0.412 e. The van der Waals surface area contributed by atoms with Crippen LogP contribution in [0.25, 0.3) is 0 Å². The predicted octanol–water partition coefficient (Wildman–Crippen LogP) is 4.38. The minimum atomic E-state index is -0.613. The molecular weight excluding hydrogens is 450 g/mol. The number of para-hydroxylation sites is 2. The molecule has 0 saturated carbocycles. The van der Waals surface area contributed by atoms with Crippen LogP contribution >= 0.6 is 0 Å². The van der Waals surface area contributed by atoms with Crippen molar-refractivity contribution in [1.29, 1.82) is 0 Å². The molecule has 180 valence electrons. The van der Waals surface area contributed by atoms with Gasteiger partial charge in [-0.3, -0.25) is 5.32 Å². The second-order valence-corrected chi connectivity index (χ2v) is 8.18. The summed E-state index contributed by atoms with van der Waals surface area (Å²) in [6.07, 6.45) is -2.05. The van der Waals surface area contributed by atoms with Crippen molar-refractivity contribution in [2.75, 3.05) is 23.8 Å². The number of rotatable bonds is 6. The second kappa shape index (κ2) is 10.5. The maximum absolute atomic E-state index is 12.4. The normalized spacial score (nSPS) is 22.6. The van der Waals surface area contributed by atoms with Gasteiger partial charge in [-0.25, -0.2) is 9.59 Å².